The van der Waals surface area contributed by atoms with Crippen LogP contribution in [-0.4, -0.2) is 21.0 Å². The fourth-order valence-corrected chi connectivity index (χ4v) is 3.68. The molecule has 0 heterocycles. The second kappa shape index (κ2) is 7.03. The van der Waals surface area contributed by atoms with Gasteiger partial charge in [-0.1, -0.05) is 39.0 Å². The maximum absolute atomic E-state index is 12.4. The predicted molar refractivity (Wildman–Crippen MR) is 78.4 cm³/mol. The van der Waals surface area contributed by atoms with Gasteiger partial charge in [-0.05, 0) is 30.4 Å². The molecule has 1 aromatic carbocycles. The van der Waals surface area contributed by atoms with Crippen LogP contribution in [0.1, 0.15) is 32.8 Å². The van der Waals surface area contributed by atoms with Crippen LogP contribution >= 0.6 is 0 Å². The minimum Gasteiger partial charge on any atom is -0.329 e. The molecule has 0 aromatic heterocycles. The van der Waals surface area contributed by atoms with Crippen molar-refractivity contribution >= 4 is 10.0 Å². The average Bonchev–Trinajstić information content (AvgIpc) is 2.37. The standard InChI is InChI=1S/C14H24N2O2S/c1-4-12-7-5-6-8-14(12)19(17,18)16-13(10-15)9-11(2)3/h5-8,11,13,16H,4,9-10,15H2,1-3H3. The van der Waals surface area contributed by atoms with Crippen molar-refractivity contribution in [2.24, 2.45) is 11.7 Å². The summed E-state index contributed by atoms with van der Waals surface area (Å²) in [6.45, 7) is 6.36. The van der Waals surface area contributed by atoms with Crippen LogP contribution in [0.25, 0.3) is 0 Å². The third-order valence-electron chi connectivity index (χ3n) is 3.01. The largest absolute Gasteiger partial charge is 0.329 e. The molecule has 0 amide bonds. The van der Waals surface area contributed by atoms with Crippen LogP contribution in [0.15, 0.2) is 29.2 Å². The first-order valence-corrected chi connectivity index (χ1v) is 8.19. The van der Waals surface area contributed by atoms with E-state index in [1.807, 2.05) is 19.1 Å². The normalized spacial score (nSPS) is 13.7. The van der Waals surface area contributed by atoms with E-state index < -0.39 is 10.0 Å². The van der Waals surface area contributed by atoms with Gasteiger partial charge in [0.15, 0.2) is 0 Å². The zero-order valence-corrected chi connectivity index (χ0v) is 12.7. The lowest BCUT2D eigenvalue weighted by molar-refractivity contribution is 0.465. The molecule has 19 heavy (non-hydrogen) atoms. The molecule has 1 unspecified atom stereocenters. The van der Waals surface area contributed by atoms with Crippen LogP contribution in [0.4, 0.5) is 0 Å². The molecule has 108 valence electrons. The summed E-state index contributed by atoms with van der Waals surface area (Å²) >= 11 is 0. The van der Waals surface area contributed by atoms with Crippen molar-refractivity contribution in [3.63, 3.8) is 0 Å². The highest BCUT2D eigenvalue weighted by Crippen LogP contribution is 2.17. The predicted octanol–water partition coefficient (Wildman–Crippen LogP) is 1.90. The lowest BCUT2D eigenvalue weighted by Gasteiger charge is -2.19. The van der Waals surface area contributed by atoms with Crippen molar-refractivity contribution in [3.05, 3.63) is 29.8 Å². The molecule has 1 aromatic rings. The molecule has 0 aliphatic heterocycles. The van der Waals surface area contributed by atoms with E-state index in [1.165, 1.54) is 0 Å². The highest BCUT2D eigenvalue weighted by Gasteiger charge is 2.21. The summed E-state index contributed by atoms with van der Waals surface area (Å²) in [4.78, 5) is 0.361. The van der Waals surface area contributed by atoms with Crippen LogP contribution in [0.3, 0.4) is 0 Å². The Morgan fingerprint density at radius 1 is 1.26 bits per heavy atom. The highest BCUT2D eigenvalue weighted by molar-refractivity contribution is 7.89. The van der Waals surface area contributed by atoms with Crippen molar-refractivity contribution in [2.75, 3.05) is 6.54 Å². The summed E-state index contributed by atoms with van der Waals surface area (Å²) in [5, 5.41) is 0. The molecule has 1 atom stereocenters. The van der Waals surface area contributed by atoms with Crippen LogP contribution in [0, 0.1) is 5.92 Å². The van der Waals surface area contributed by atoms with E-state index in [9.17, 15) is 8.42 Å². The molecule has 0 aliphatic rings. The van der Waals surface area contributed by atoms with Gasteiger partial charge >= 0.3 is 0 Å². The first-order chi connectivity index (χ1) is 8.90. The molecular weight excluding hydrogens is 260 g/mol. The van der Waals surface area contributed by atoms with Crippen molar-refractivity contribution in [1.29, 1.82) is 0 Å². The number of hydrogen-bond donors (Lipinski definition) is 2. The van der Waals surface area contributed by atoms with E-state index in [1.54, 1.807) is 12.1 Å². The maximum Gasteiger partial charge on any atom is 0.241 e. The van der Waals surface area contributed by atoms with E-state index in [2.05, 4.69) is 18.6 Å². The summed E-state index contributed by atoms with van der Waals surface area (Å²) in [5.41, 5.74) is 6.48. The van der Waals surface area contributed by atoms with E-state index in [-0.39, 0.29) is 6.04 Å². The van der Waals surface area contributed by atoms with Gasteiger partial charge in [0, 0.05) is 12.6 Å². The quantitative estimate of drug-likeness (QED) is 0.803. The molecule has 0 aliphatic carbocycles. The fourth-order valence-electron chi connectivity index (χ4n) is 2.10. The highest BCUT2D eigenvalue weighted by atomic mass is 32.2. The summed E-state index contributed by atoms with van der Waals surface area (Å²) in [7, 11) is -3.49. The fraction of sp³-hybridized carbons (Fsp3) is 0.571. The lowest BCUT2D eigenvalue weighted by Crippen LogP contribution is -2.41. The number of hydrogen-bond acceptors (Lipinski definition) is 3. The lowest BCUT2D eigenvalue weighted by atomic mass is 10.1. The third-order valence-corrected chi connectivity index (χ3v) is 4.63. The molecule has 0 fully saturated rings. The van der Waals surface area contributed by atoms with Gasteiger partial charge in [-0.3, -0.25) is 0 Å². The number of nitrogens with one attached hydrogen (secondary N) is 1. The number of sulfonamides is 1. The number of nitrogens with two attached hydrogens (primary N) is 1. The van der Waals surface area contributed by atoms with E-state index in [4.69, 9.17) is 5.73 Å². The first kappa shape index (κ1) is 16.1. The molecule has 5 heteroatoms. The second-order valence-electron chi connectivity index (χ2n) is 5.14. The Kier molecular flexibility index (Phi) is 5.97. The summed E-state index contributed by atoms with van der Waals surface area (Å²) in [5.74, 6) is 0.401. The van der Waals surface area contributed by atoms with Crippen molar-refractivity contribution in [1.82, 2.24) is 4.72 Å². The van der Waals surface area contributed by atoms with Crippen molar-refractivity contribution in [2.45, 2.75) is 44.6 Å². The van der Waals surface area contributed by atoms with Gasteiger partial charge < -0.3 is 5.73 Å². The summed E-state index contributed by atoms with van der Waals surface area (Å²) < 4.78 is 27.5. The zero-order chi connectivity index (χ0) is 14.5. The Hall–Kier alpha value is -0.910. The Morgan fingerprint density at radius 2 is 1.89 bits per heavy atom. The zero-order valence-electron chi connectivity index (χ0n) is 11.9. The average molecular weight is 284 g/mol. The van der Waals surface area contributed by atoms with Crippen LogP contribution < -0.4 is 10.5 Å². The van der Waals surface area contributed by atoms with Crippen molar-refractivity contribution < 1.29 is 8.42 Å². The van der Waals surface area contributed by atoms with Gasteiger partial charge in [0.05, 0.1) is 4.90 Å². The Labute approximate surface area is 116 Å². The monoisotopic (exact) mass is 284 g/mol. The molecule has 0 bridgehead atoms. The van der Waals surface area contributed by atoms with Crippen LogP contribution in [-0.2, 0) is 16.4 Å². The molecule has 0 spiro atoms. The third kappa shape index (κ3) is 4.60. The van der Waals surface area contributed by atoms with Crippen LogP contribution in [0.5, 0.6) is 0 Å². The summed E-state index contributed by atoms with van der Waals surface area (Å²) in [6.07, 6.45) is 1.43. The molecule has 1 rings (SSSR count). The smallest absolute Gasteiger partial charge is 0.241 e. The van der Waals surface area contributed by atoms with E-state index >= 15 is 0 Å². The molecular formula is C14H24N2O2S. The molecule has 0 saturated carbocycles. The SMILES string of the molecule is CCc1ccccc1S(=O)(=O)NC(CN)CC(C)C. The number of aryl methyl sites for hydroxylation is 1. The van der Waals surface area contributed by atoms with E-state index in [0.29, 0.717) is 23.8 Å². The molecule has 4 nitrogen and oxygen atoms in total. The molecule has 3 N–H and O–H groups in total. The number of benzene rings is 1. The summed E-state index contributed by atoms with van der Waals surface area (Å²) in [6, 6.07) is 6.87. The molecule has 0 radical (unpaired) electrons. The maximum atomic E-state index is 12.4. The van der Waals surface area contributed by atoms with Gasteiger partial charge in [-0.25, -0.2) is 13.1 Å². The van der Waals surface area contributed by atoms with Gasteiger partial charge in [-0.15, -0.1) is 0 Å². The minimum atomic E-state index is -3.49. The van der Waals surface area contributed by atoms with E-state index in [0.717, 1.165) is 12.0 Å². The van der Waals surface area contributed by atoms with Crippen LogP contribution in [0.2, 0.25) is 0 Å². The van der Waals surface area contributed by atoms with Crippen molar-refractivity contribution in [3.8, 4) is 0 Å². The number of rotatable bonds is 7. The first-order valence-electron chi connectivity index (χ1n) is 6.71. The van der Waals surface area contributed by atoms with Gasteiger partial charge in [0.2, 0.25) is 10.0 Å². The second-order valence-corrected chi connectivity index (χ2v) is 6.83. The van der Waals surface area contributed by atoms with Gasteiger partial charge in [0.1, 0.15) is 0 Å². The Morgan fingerprint density at radius 3 is 2.42 bits per heavy atom. The minimum absolute atomic E-state index is 0.213. The topological polar surface area (TPSA) is 72.2 Å². The van der Waals surface area contributed by atoms with Gasteiger partial charge in [0.25, 0.3) is 0 Å². The Bertz CT molecular complexity index is 498. The van der Waals surface area contributed by atoms with Gasteiger partial charge in [-0.2, -0.15) is 0 Å². The molecule has 0 saturated heterocycles. The Balaban J connectivity index is 2.97.